The van der Waals surface area contributed by atoms with E-state index >= 15 is 0 Å². The van der Waals surface area contributed by atoms with Crippen LogP contribution in [0, 0.1) is 0 Å². The maximum absolute atomic E-state index is 11.7. The lowest BCUT2D eigenvalue weighted by atomic mass is 9.91. The van der Waals surface area contributed by atoms with Crippen molar-refractivity contribution in [2.45, 2.75) is 25.7 Å². The first-order valence-electron chi connectivity index (χ1n) is 5.12. The predicted molar refractivity (Wildman–Crippen MR) is 58.7 cm³/mol. The van der Waals surface area contributed by atoms with Crippen molar-refractivity contribution in [3.05, 3.63) is 35.9 Å². The molecule has 1 aromatic carbocycles. The number of aliphatic hydroxyl groups is 2. The molecule has 0 aliphatic carbocycles. The number of benzene rings is 1. The first kappa shape index (κ1) is 12.8. The molecular formula is C12H16O4. The molecule has 1 rings (SSSR count). The van der Waals surface area contributed by atoms with Gasteiger partial charge >= 0.3 is 0 Å². The third-order valence-electron chi connectivity index (χ3n) is 2.36. The number of carbonyl (C=O) groups excluding carboxylic acids is 1. The van der Waals surface area contributed by atoms with E-state index in [1.54, 1.807) is 37.3 Å². The molecule has 1 aromatic rings. The molecule has 0 saturated heterocycles. The minimum absolute atomic E-state index is 0.206. The van der Waals surface area contributed by atoms with Crippen molar-refractivity contribution in [1.29, 1.82) is 0 Å². The third-order valence-corrected chi connectivity index (χ3v) is 2.36. The average molecular weight is 224 g/mol. The van der Waals surface area contributed by atoms with Crippen molar-refractivity contribution >= 4 is 5.78 Å². The first-order valence-corrected chi connectivity index (χ1v) is 5.12. The first-order chi connectivity index (χ1) is 7.50. The Morgan fingerprint density at radius 3 is 2.50 bits per heavy atom. The number of Topliss-reactive ketones (excluding diaryl/α,β-unsaturated/α-hetero) is 1. The SMILES string of the molecule is CCOC(O)C(=O)C(C)(O)c1ccccc1. The lowest BCUT2D eigenvalue weighted by Crippen LogP contribution is -2.41. The highest BCUT2D eigenvalue weighted by molar-refractivity contribution is 5.90. The largest absolute Gasteiger partial charge is 0.377 e. The number of carbonyl (C=O) groups is 1. The van der Waals surface area contributed by atoms with Gasteiger partial charge in [0.2, 0.25) is 12.1 Å². The van der Waals surface area contributed by atoms with E-state index in [1.165, 1.54) is 6.92 Å². The molecule has 2 N–H and O–H groups in total. The second-order valence-electron chi connectivity index (χ2n) is 3.61. The predicted octanol–water partition coefficient (Wildman–Crippen LogP) is 0.818. The monoisotopic (exact) mass is 224 g/mol. The Morgan fingerprint density at radius 1 is 1.44 bits per heavy atom. The normalized spacial score (nSPS) is 16.5. The Labute approximate surface area is 94.5 Å². The maximum atomic E-state index is 11.7. The fourth-order valence-corrected chi connectivity index (χ4v) is 1.38. The number of ketones is 1. The van der Waals surface area contributed by atoms with Crippen molar-refractivity contribution in [2.24, 2.45) is 0 Å². The van der Waals surface area contributed by atoms with Crippen LogP contribution in [0.25, 0.3) is 0 Å². The smallest absolute Gasteiger partial charge is 0.224 e. The highest BCUT2D eigenvalue weighted by Gasteiger charge is 2.37. The van der Waals surface area contributed by atoms with Gasteiger partial charge in [-0.05, 0) is 19.4 Å². The van der Waals surface area contributed by atoms with E-state index in [4.69, 9.17) is 4.74 Å². The second kappa shape index (κ2) is 5.21. The van der Waals surface area contributed by atoms with E-state index in [1.807, 2.05) is 0 Å². The lowest BCUT2D eigenvalue weighted by molar-refractivity contribution is -0.172. The van der Waals surface area contributed by atoms with E-state index in [-0.39, 0.29) is 6.61 Å². The van der Waals surface area contributed by atoms with Gasteiger partial charge in [-0.1, -0.05) is 30.3 Å². The van der Waals surface area contributed by atoms with Crippen molar-refractivity contribution in [1.82, 2.24) is 0 Å². The molecule has 88 valence electrons. The zero-order chi connectivity index (χ0) is 12.2. The van der Waals surface area contributed by atoms with Crippen molar-refractivity contribution in [3.63, 3.8) is 0 Å². The highest BCUT2D eigenvalue weighted by atomic mass is 16.6. The fraction of sp³-hybridized carbons (Fsp3) is 0.417. The van der Waals surface area contributed by atoms with Crippen LogP contribution in [0.1, 0.15) is 19.4 Å². The summed E-state index contributed by atoms with van der Waals surface area (Å²) >= 11 is 0. The Kier molecular flexibility index (Phi) is 4.18. The lowest BCUT2D eigenvalue weighted by Gasteiger charge is -2.24. The summed E-state index contributed by atoms with van der Waals surface area (Å²) in [5.74, 6) is -0.763. The molecule has 0 saturated carbocycles. The van der Waals surface area contributed by atoms with Crippen LogP contribution in [0.15, 0.2) is 30.3 Å². The van der Waals surface area contributed by atoms with Gasteiger partial charge in [-0.3, -0.25) is 4.79 Å². The van der Waals surface area contributed by atoms with Crippen LogP contribution in [0.2, 0.25) is 0 Å². The van der Waals surface area contributed by atoms with Crippen molar-refractivity contribution < 1.29 is 19.7 Å². The molecule has 4 heteroatoms. The third kappa shape index (κ3) is 2.66. The molecule has 0 heterocycles. The molecule has 0 spiro atoms. The van der Waals surface area contributed by atoms with E-state index < -0.39 is 17.7 Å². The summed E-state index contributed by atoms with van der Waals surface area (Å²) < 4.78 is 4.76. The molecule has 0 aromatic heterocycles. The molecule has 16 heavy (non-hydrogen) atoms. The molecule has 2 unspecified atom stereocenters. The average Bonchev–Trinajstić information content (AvgIpc) is 2.29. The maximum Gasteiger partial charge on any atom is 0.224 e. The zero-order valence-electron chi connectivity index (χ0n) is 9.38. The van der Waals surface area contributed by atoms with Crippen LogP contribution in [0.3, 0.4) is 0 Å². The number of hydrogen-bond acceptors (Lipinski definition) is 4. The molecular weight excluding hydrogens is 208 g/mol. The fourth-order valence-electron chi connectivity index (χ4n) is 1.38. The van der Waals surface area contributed by atoms with E-state index in [2.05, 4.69) is 0 Å². The summed E-state index contributed by atoms with van der Waals surface area (Å²) in [6.07, 6.45) is -1.60. The summed E-state index contributed by atoms with van der Waals surface area (Å²) in [5.41, 5.74) is -1.31. The van der Waals surface area contributed by atoms with Gasteiger partial charge in [0.15, 0.2) is 5.60 Å². The molecule has 2 atom stereocenters. The van der Waals surface area contributed by atoms with Crippen LogP contribution in [0.5, 0.6) is 0 Å². The van der Waals surface area contributed by atoms with Gasteiger partial charge in [0.1, 0.15) is 0 Å². The van der Waals surface area contributed by atoms with Gasteiger partial charge in [0, 0.05) is 6.61 Å². The van der Waals surface area contributed by atoms with Gasteiger partial charge in [-0.15, -0.1) is 0 Å². The van der Waals surface area contributed by atoms with Crippen LogP contribution < -0.4 is 0 Å². The van der Waals surface area contributed by atoms with Crippen molar-refractivity contribution in [2.75, 3.05) is 6.61 Å². The molecule has 0 radical (unpaired) electrons. The van der Waals surface area contributed by atoms with Gasteiger partial charge in [0.05, 0.1) is 0 Å². The van der Waals surface area contributed by atoms with E-state index in [0.29, 0.717) is 5.56 Å². The van der Waals surface area contributed by atoms with E-state index in [9.17, 15) is 15.0 Å². The van der Waals surface area contributed by atoms with Crippen LogP contribution in [0.4, 0.5) is 0 Å². The molecule has 0 fully saturated rings. The molecule has 0 amide bonds. The Balaban J connectivity index is 2.89. The summed E-state index contributed by atoms with van der Waals surface area (Å²) in [5, 5.41) is 19.4. The van der Waals surface area contributed by atoms with Crippen LogP contribution in [-0.2, 0) is 15.1 Å². The summed E-state index contributed by atoms with van der Waals surface area (Å²) in [6.45, 7) is 3.21. The van der Waals surface area contributed by atoms with Gasteiger partial charge < -0.3 is 14.9 Å². The summed E-state index contributed by atoms with van der Waals surface area (Å²) in [7, 11) is 0. The molecule has 0 aliphatic heterocycles. The summed E-state index contributed by atoms with van der Waals surface area (Å²) in [6, 6.07) is 8.45. The van der Waals surface area contributed by atoms with Crippen molar-refractivity contribution in [3.8, 4) is 0 Å². The topological polar surface area (TPSA) is 66.8 Å². The van der Waals surface area contributed by atoms with Crippen LogP contribution in [-0.4, -0.2) is 28.9 Å². The minimum Gasteiger partial charge on any atom is -0.377 e. The Bertz CT molecular complexity index is 345. The van der Waals surface area contributed by atoms with Gasteiger partial charge in [-0.2, -0.15) is 0 Å². The number of hydrogen-bond donors (Lipinski definition) is 2. The number of aliphatic hydroxyl groups excluding tert-OH is 1. The molecule has 4 nitrogen and oxygen atoms in total. The van der Waals surface area contributed by atoms with Crippen LogP contribution >= 0.6 is 0 Å². The standard InChI is InChI=1S/C12H16O4/c1-3-16-11(14)10(13)12(2,15)9-7-5-4-6-8-9/h4-8,11,14-15H,3H2,1-2H3. The zero-order valence-corrected chi connectivity index (χ0v) is 9.38. The van der Waals surface area contributed by atoms with Gasteiger partial charge in [-0.25, -0.2) is 0 Å². The summed E-state index contributed by atoms with van der Waals surface area (Å²) in [4.78, 5) is 11.7. The number of rotatable bonds is 5. The Morgan fingerprint density at radius 2 is 2.00 bits per heavy atom. The molecule has 0 bridgehead atoms. The highest BCUT2D eigenvalue weighted by Crippen LogP contribution is 2.22. The van der Waals surface area contributed by atoms with E-state index in [0.717, 1.165) is 0 Å². The minimum atomic E-state index is -1.74. The quantitative estimate of drug-likeness (QED) is 0.727. The molecule has 0 aliphatic rings. The van der Waals surface area contributed by atoms with Gasteiger partial charge in [0.25, 0.3) is 0 Å². The second-order valence-corrected chi connectivity index (χ2v) is 3.61. The Hall–Kier alpha value is -1.23. The number of ether oxygens (including phenoxy) is 1.